The summed E-state index contributed by atoms with van der Waals surface area (Å²) in [5.41, 5.74) is 7.63. The Bertz CT molecular complexity index is 1310. The number of aliphatic hydroxyl groups is 1. The van der Waals surface area contributed by atoms with Gasteiger partial charge in [-0.1, -0.05) is 6.92 Å². The quantitative estimate of drug-likeness (QED) is 0.427. The Kier molecular flexibility index (Phi) is 5.20. The van der Waals surface area contributed by atoms with Crippen LogP contribution < -0.4 is 21.1 Å². The second-order valence-corrected chi connectivity index (χ2v) is 9.11. The fraction of sp³-hybridized carbons (Fsp3) is 0.375. The van der Waals surface area contributed by atoms with Gasteiger partial charge in [0.1, 0.15) is 24.2 Å². The van der Waals surface area contributed by atoms with Crippen molar-refractivity contribution in [2.24, 2.45) is 5.92 Å². The molecule has 0 bridgehead atoms. The molecule has 1 aliphatic carbocycles. The van der Waals surface area contributed by atoms with E-state index < -0.39 is 17.5 Å². The molecule has 178 valence electrons. The average molecular weight is 468 g/mol. The van der Waals surface area contributed by atoms with E-state index >= 15 is 4.39 Å². The molecule has 5 rings (SSSR count). The highest BCUT2D eigenvalue weighted by atomic mass is 19.1. The summed E-state index contributed by atoms with van der Waals surface area (Å²) in [6.45, 7) is 6.55. The summed E-state index contributed by atoms with van der Waals surface area (Å²) in [7, 11) is 0. The van der Waals surface area contributed by atoms with E-state index in [0.717, 1.165) is 11.3 Å². The molecule has 0 spiro atoms. The number of anilines is 3. The van der Waals surface area contributed by atoms with Crippen molar-refractivity contribution in [3.05, 3.63) is 35.9 Å². The van der Waals surface area contributed by atoms with E-state index in [-0.39, 0.29) is 29.1 Å². The first kappa shape index (κ1) is 22.1. The van der Waals surface area contributed by atoms with Crippen molar-refractivity contribution in [3.8, 4) is 17.0 Å². The van der Waals surface area contributed by atoms with E-state index in [0.29, 0.717) is 41.8 Å². The van der Waals surface area contributed by atoms with E-state index in [4.69, 9.17) is 15.2 Å². The maximum atomic E-state index is 15.3. The lowest BCUT2D eigenvalue weighted by Crippen LogP contribution is -2.55. The van der Waals surface area contributed by atoms with Crippen LogP contribution in [0.15, 0.2) is 24.5 Å². The molecule has 3 aromatic rings. The molecule has 0 radical (unpaired) electrons. The van der Waals surface area contributed by atoms with Crippen LogP contribution in [0.25, 0.3) is 21.9 Å². The molecule has 1 saturated carbocycles. The Morgan fingerprint density at radius 3 is 2.88 bits per heavy atom. The van der Waals surface area contributed by atoms with Gasteiger partial charge in [0.05, 0.1) is 11.3 Å². The fourth-order valence-corrected chi connectivity index (χ4v) is 4.48. The third kappa shape index (κ3) is 3.63. The normalized spacial score (nSPS) is 23.3. The highest BCUT2D eigenvalue weighted by molar-refractivity contribution is 5.99. The Hall–Kier alpha value is -3.66. The zero-order chi connectivity index (χ0) is 24.2. The number of carbonyl (C=O) groups excluding carboxylic acids is 1. The highest BCUT2D eigenvalue weighted by Gasteiger charge is 2.49. The maximum absolute atomic E-state index is 15.3. The maximum Gasteiger partial charge on any atom is 0.413 e. The molecule has 1 amide bonds. The second kappa shape index (κ2) is 7.98. The Morgan fingerprint density at radius 2 is 2.15 bits per heavy atom. The fourth-order valence-electron chi connectivity index (χ4n) is 4.48. The van der Waals surface area contributed by atoms with Crippen molar-refractivity contribution in [2.45, 2.75) is 38.9 Å². The molecule has 5 N–H and O–H groups in total. The van der Waals surface area contributed by atoms with Crippen molar-refractivity contribution < 1.29 is 23.8 Å². The van der Waals surface area contributed by atoms with Crippen molar-refractivity contribution >= 4 is 34.1 Å². The molecular weight excluding hydrogens is 441 g/mol. The Morgan fingerprint density at radius 1 is 1.35 bits per heavy atom. The predicted octanol–water partition coefficient (Wildman–Crippen LogP) is 3.84. The van der Waals surface area contributed by atoms with Crippen LogP contribution in [0.3, 0.4) is 0 Å². The van der Waals surface area contributed by atoms with Gasteiger partial charge in [-0.2, -0.15) is 0 Å². The van der Waals surface area contributed by atoms with E-state index in [2.05, 4.69) is 20.6 Å². The number of halogens is 1. The standard InChI is InChI=1S/C24H26FN5O4/c1-11-15(9-29-22-21(11)27-4-5-33-22)14-6-13-7-18(28-10-16(13)20(26)19(14)25)30-23(31)34-17-8-24(3,32)12(17)2/h6-7,9-10,12,17,27,32H,4-5,8,26H2,1-3H3,(H,28,30,31)/t12-,17+,24+/m0/s1. The molecule has 3 heterocycles. The molecule has 0 saturated heterocycles. The lowest BCUT2D eigenvalue weighted by Gasteiger charge is -2.46. The zero-order valence-electron chi connectivity index (χ0n) is 19.1. The largest absolute Gasteiger partial charge is 0.474 e. The van der Waals surface area contributed by atoms with E-state index in [1.54, 1.807) is 25.3 Å². The predicted molar refractivity (Wildman–Crippen MR) is 126 cm³/mol. The van der Waals surface area contributed by atoms with Gasteiger partial charge in [-0.05, 0) is 36.9 Å². The van der Waals surface area contributed by atoms with Crippen LogP contribution in [0, 0.1) is 18.7 Å². The number of hydrogen-bond acceptors (Lipinski definition) is 8. The number of pyridine rings is 2. The van der Waals surface area contributed by atoms with Crippen LogP contribution in [0.4, 0.5) is 26.4 Å². The molecule has 0 unspecified atom stereocenters. The number of amides is 1. The zero-order valence-corrected chi connectivity index (χ0v) is 19.1. The average Bonchev–Trinajstić information content (AvgIpc) is 2.81. The van der Waals surface area contributed by atoms with Gasteiger partial charge in [-0.25, -0.2) is 19.2 Å². The number of fused-ring (bicyclic) bond motifs is 2. The third-order valence-corrected chi connectivity index (χ3v) is 6.88. The Labute approximate surface area is 195 Å². The van der Waals surface area contributed by atoms with Crippen LogP contribution in [0.5, 0.6) is 5.88 Å². The monoisotopic (exact) mass is 467 g/mol. The van der Waals surface area contributed by atoms with Gasteiger partial charge in [0.15, 0.2) is 5.82 Å². The van der Waals surface area contributed by atoms with Gasteiger partial charge >= 0.3 is 6.09 Å². The molecule has 1 aliphatic heterocycles. The summed E-state index contributed by atoms with van der Waals surface area (Å²) in [5.74, 6) is -0.00904. The topological polar surface area (TPSA) is 132 Å². The number of aromatic nitrogens is 2. The van der Waals surface area contributed by atoms with Crippen molar-refractivity contribution in [1.29, 1.82) is 0 Å². The van der Waals surface area contributed by atoms with E-state index in [9.17, 15) is 9.90 Å². The lowest BCUT2D eigenvalue weighted by molar-refractivity contribution is -0.153. The number of nitrogens with zero attached hydrogens (tertiary/aromatic N) is 2. The molecular formula is C24H26FN5O4. The SMILES string of the molecule is Cc1c(-c2cc3cc(NC(=O)O[C@@H]4C[C@@](C)(O)[C@H]4C)ncc3c(N)c2F)cnc2c1NCCO2. The molecule has 1 fully saturated rings. The third-order valence-electron chi connectivity index (χ3n) is 6.88. The first-order valence-corrected chi connectivity index (χ1v) is 11.1. The lowest BCUT2D eigenvalue weighted by atomic mass is 9.69. The first-order chi connectivity index (χ1) is 16.2. The van der Waals surface area contributed by atoms with Crippen molar-refractivity contribution in [3.63, 3.8) is 0 Å². The van der Waals surface area contributed by atoms with Crippen molar-refractivity contribution in [2.75, 3.05) is 29.5 Å². The van der Waals surface area contributed by atoms with Crippen LogP contribution in [0.1, 0.15) is 25.8 Å². The van der Waals surface area contributed by atoms with Crippen molar-refractivity contribution in [1.82, 2.24) is 9.97 Å². The van der Waals surface area contributed by atoms with Gasteiger partial charge in [0.2, 0.25) is 5.88 Å². The number of nitrogens with two attached hydrogens (primary N) is 1. The minimum absolute atomic E-state index is 0.0408. The summed E-state index contributed by atoms with van der Waals surface area (Å²) in [6, 6.07) is 3.27. The Balaban J connectivity index is 1.45. The van der Waals surface area contributed by atoms with E-state index in [1.807, 2.05) is 13.8 Å². The summed E-state index contributed by atoms with van der Waals surface area (Å²) < 4.78 is 26.2. The minimum Gasteiger partial charge on any atom is -0.474 e. The first-order valence-electron chi connectivity index (χ1n) is 11.1. The number of ether oxygens (including phenoxy) is 2. The summed E-state index contributed by atoms with van der Waals surface area (Å²) in [4.78, 5) is 20.8. The van der Waals surface area contributed by atoms with Gasteiger partial charge in [-0.3, -0.25) is 5.32 Å². The van der Waals surface area contributed by atoms with Gasteiger partial charge in [0.25, 0.3) is 0 Å². The molecule has 34 heavy (non-hydrogen) atoms. The van der Waals surface area contributed by atoms with Gasteiger partial charge in [-0.15, -0.1) is 0 Å². The van der Waals surface area contributed by atoms with Gasteiger partial charge in [0, 0.05) is 47.8 Å². The number of nitrogens with one attached hydrogen (secondary N) is 2. The number of hydrogen-bond donors (Lipinski definition) is 4. The molecule has 10 heteroatoms. The number of benzene rings is 1. The molecule has 3 atom stereocenters. The molecule has 2 aromatic heterocycles. The van der Waals surface area contributed by atoms with Crippen LogP contribution in [-0.4, -0.2) is 46.0 Å². The summed E-state index contributed by atoms with van der Waals surface area (Å²) >= 11 is 0. The van der Waals surface area contributed by atoms with Crippen LogP contribution in [-0.2, 0) is 4.74 Å². The van der Waals surface area contributed by atoms with E-state index in [1.165, 1.54) is 6.20 Å². The molecule has 1 aromatic carbocycles. The second-order valence-electron chi connectivity index (χ2n) is 9.11. The number of carbonyl (C=O) groups is 1. The molecule has 2 aliphatic rings. The smallest absolute Gasteiger partial charge is 0.413 e. The molecule has 9 nitrogen and oxygen atoms in total. The summed E-state index contributed by atoms with van der Waals surface area (Å²) in [5, 5.41) is 16.9. The number of nitrogen functional groups attached to an aromatic ring is 1. The van der Waals surface area contributed by atoms with Gasteiger partial charge < -0.3 is 25.6 Å². The van der Waals surface area contributed by atoms with Crippen LogP contribution in [0.2, 0.25) is 0 Å². The van der Waals surface area contributed by atoms with Crippen LogP contribution >= 0.6 is 0 Å². The minimum atomic E-state index is -0.838. The summed E-state index contributed by atoms with van der Waals surface area (Å²) in [6.07, 6.45) is 2.31. The number of rotatable bonds is 3. The highest BCUT2D eigenvalue weighted by Crippen LogP contribution is 2.41.